The first-order chi connectivity index (χ1) is 17.1. The van der Waals surface area contributed by atoms with E-state index >= 15 is 0 Å². The molecule has 0 spiro atoms. The Morgan fingerprint density at radius 3 is 2.09 bits per heavy atom. The fourth-order valence-corrected chi connectivity index (χ4v) is 5.48. The third-order valence-electron chi connectivity index (χ3n) is 6.01. The van der Waals surface area contributed by atoms with E-state index in [0.717, 1.165) is 16.7 Å². The predicted octanol–water partition coefficient (Wildman–Crippen LogP) is 3.85. The number of amides is 2. The van der Waals surface area contributed by atoms with Crippen molar-refractivity contribution < 1.29 is 19.1 Å². The first-order valence-electron chi connectivity index (χ1n) is 11.4. The number of rotatable bonds is 7. The Labute approximate surface area is 208 Å². The third-order valence-corrected chi connectivity index (χ3v) is 7.19. The molecule has 3 aromatic rings. The van der Waals surface area contributed by atoms with Crippen LogP contribution in [0.3, 0.4) is 0 Å². The standard InChI is InChI=1S/C28H24N2O4S/c31-23(18-19-10-4-1-5-11-19)29-24-26(32)30-22(16-17-35-27(24)30)28(33)34-25(20-12-6-2-7-13-20)21-14-8-3-9-15-21/h1-16,24-25,27H,17-18H2,(H,29,31)/t24?,27-/m1/s1. The van der Waals surface area contributed by atoms with Crippen molar-refractivity contribution in [1.29, 1.82) is 0 Å². The predicted molar refractivity (Wildman–Crippen MR) is 134 cm³/mol. The molecule has 2 amide bonds. The van der Waals surface area contributed by atoms with Gasteiger partial charge in [-0.1, -0.05) is 91.0 Å². The number of thioether (sulfide) groups is 1. The lowest BCUT2D eigenvalue weighted by Gasteiger charge is -2.48. The van der Waals surface area contributed by atoms with Crippen LogP contribution in [-0.4, -0.2) is 39.9 Å². The van der Waals surface area contributed by atoms with E-state index in [4.69, 9.17) is 4.74 Å². The number of ether oxygens (including phenoxy) is 1. The third kappa shape index (κ3) is 4.86. The first kappa shape index (κ1) is 22.9. The topological polar surface area (TPSA) is 75.7 Å². The van der Waals surface area contributed by atoms with Crippen molar-refractivity contribution in [3.05, 3.63) is 119 Å². The molecule has 0 radical (unpaired) electrons. The number of hydrogen-bond donors (Lipinski definition) is 1. The van der Waals surface area contributed by atoms with Gasteiger partial charge in [0.1, 0.15) is 17.1 Å². The Hall–Kier alpha value is -3.84. The average Bonchev–Trinajstić information content (AvgIpc) is 2.91. The number of nitrogens with zero attached hydrogens (tertiary/aromatic N) is 1. The largest absolute Gasteiger partial charge is 0.448 e. The molecule has 1 saturated heterocycles. The van der Waals surface area contributed by atoms with E-state index in [1.54, 1.807) is 6.08 Å². The lowest BCUT2D eigenvalue weighted by atomic mass is 10.0. The van der Waals surface area contributed by atoms with E-state index in [0.29, 0.717) is 5.75 Å². The zero-order valence-corrected chi connectivity index (χ0v) is 19.7. The molecule has 1 unspecified atom stereocenters. The number of hydrogen-bond acceptors (Lipinski definition) is 5. The lowest BCUT2D eigenvalue weighted by Crippen LogP contribution is -2.70. The van der Waals surface area contributed by atoms with Gasteiger partial charge in [0, 0.05) is 5.75 Å². The number of carbonyl (C=O) groups excluding carboxylic acids is 3. The van der Waals surface area contributed by atoms with Gasteiger partial charge in [0.05, 0.1) is 6.42 Å². The van der Waals surface area contributed by atoms with E-state index < -0.39 is 18.1 Å². The van der Waals surface area contributed by atoms with Gasteiger partial charge in [0.15, 0.2) is 6.10 Å². The van der Waals surface area contributed by atoms with Crippen molar-refractivity contribution in [2.45, 2.75) is 23.9 Å². The molecule has 0 aliphatic carbocycles. The maximum atomic E-state index is 13.3. The molecule has 5 rings (SSSR count). The van der Waals surface area contributed by atoms with Crippen molar-refractivity contribution in [3.8, 4) is 0 Å². The summed E-state index contributed by atoms with van der Waals surface area (Å²) in [7, 11) is 0. The van der Waals surface area contributed by atoms with Gasteiger partial charge in [-0.05, 0) is 22.8 Å². The molecule has 7 heteroatoms. The van der Waals surface area contributed by atoms with Gasteiger partial charge in [-0.15, -0.1) is 11.8 Å². The van der Waals surface area contributed by atoms with Crippen molar-refractivity contribution in [3.63, 3.8) is 0 Å². The second-order valence-corrected chi connectivity index (χ2v) is 9.49. The molecule has 2 atom stereocenters. The summed E-state index contributed by atoms with van der Waals surface area (Å²) in [6, 6.07) is 27.7. The normalized spacial score (nSPS) is 18.8. The molecular formula is C28H24N2O4S. The quantitative estimate of drug-likeness (QED) is 0.407. The van der Waals surface area contributed by atoms with Crippen LogP contribution in [0.1, 0.15) is 22.8 Å². The Morgan fingerprint density at radius 2 is 1.49 bits per heavy atom. The number of carbonyl (C=O) groups is 3. The highest BCUT2D eigenvalue weighted by atomic mass is 32.2. The number of β-lactam (4-membered cyclic amide) rings is 1. The van der Waals surface area contributed by atoms with Gasteiger partial charge >= 0.3 is 5.97 Å². The number of esters is 1. The molecular weight excluding hydrogens is 460 g/mol. The molecule has 2 aliphatic heterocycles. The van der Waals surface area contributed by atoms with Crippen molar-refractivity contribution >= 4 is 29.5 Å². The zero-order chi connectivity index (χ0) is 24.2. The van der Waals surface area contributed by atoms with Crippen LogP contribution in [0.4, 0.5) is 0 Å². The van der Waals surface area contributed by atoms with Crippen LogP contribution in [0.2, 0.25) is 0 Å². The summed E-state index contributed by atoms with van der Waals surface area (Å²) in [5.41, 5.74) is 2.79. The molecule has 0 saturated carbocycles. The van der Waals surface area contributed by atoms with E-state index in [1.165, 1.54) is 16.7 Å². The van der Waals surface area contributed by atoms with Gasteiger partial charge < -0.3 is 10.1 Å². The van der Waals surface area contributed by atoms with Crippen LogP contribution in [0.15, 0.2) is 103 Å². The van der Waals surface area contributed by atoms with Gasteiger partial charge in [-0.3, -0.25) is 14.5 Å². The van der Waals surface area contributed by atoms with Gasteiger partial charge in [-0.25, -0.2) is 4.79 Å². The molecule has 2 heterocycles. The molecule has 6 nitrogen and oxygen atoms in total. The molecule has 176 valence electrons. The van der Waals surface area contributed by atoms with E-state index in [1.807, 2.05) is 91.0 Å². The highest BCUT2D eigenvalue weighted by molar-refractivity contribution is 8.00. The summed E-state index contributed by atoms with van der Waals surface area (Å²) in [6.45, 7) is 0. The fraction of sp³-hybridized carbons (Fsp3) is 0.179. The number of benzene rings is 3. The van der Waals surface area contributed by atoms with Crippen LogP contribution in [0.5, 0.6) is 0 Å². The zero-order valence-electron chi connectivity index (χ0n) is 18.9. The Kier molecular flexibility index (Phi) is 6.68. The summed E-state index contributed by atoms with van der Waals surface area (Å²) in [5, 5.41) is 2.50. The van der Waals surface area contributed by atoms with E-state index in [9.17, 15) is 14.4 Å². The summed E-state index contributed by atoms with van der Waals surface area (Å²) in [6.07, 6.45) is 1.32. The SMILES string of the molecule is O=C(Cc1ccccc1)NC1C(=O)N2C(C(=O)OC(c3ccccc3)c3ccccc3)=CCS[C@H]12. The summed E-state index contributed by atoms with van der Waals surface area (Å²) < 4.78 is 5.96. The minimum atomic E-state index is -0.660. The van der Waals surface area contributed by atoms with Crippen molar-refractivity contribution in [2.24, 2.45) is 0 Å². The smallest absolute Gasteiger partial charge is 0.355 e. The van der Waals surface area contributed by atoms with Crippen LogP contribution in [0, 0.1) is 0 Å². The molecule has 0 aromatic heterocycles. The van der Waals surface area contributed by atoms with E-state index in [-0.39, 0.29) is 29.3 Å². The highest BCUT2D eigenvalue weighted by Crippen LogP contribution is 2.39. The molecule has 1 N–H and O–H groups in total. The Morgan fingerprint density at radius 1 is 0.914 bits per heavy atom. The Balaban J connectivity index is 1.28. The van der Waals surface area contributed by atoms with Crippen LogP contribution >= 0.6 is 11.8 Å². The van der Waals surface area contributed by atoms with E-state index in [2.05, 4.69) is 5.32 Å². The molecule has 0 bridgehead atoms. The number of fused-ring (bicyclic) bond motifs is 1. The van der Waals surface area contributed by atoms with Crippen LogP contribution in [-0.2, 0) is 25.5 Å². The Bertz CT molecular complexity index is 1210. The molecule has 1 fully saturated rings. The molecule has 3 aromatic carbocycles. The summed E-state index contributed by atoms with van der Waals surface area (Å²) >= 11 is 1.51. The molecule has 2 aliphatic rings. The minimum absolute atomic E-state index is 0.197. The second-order valence-electron chi connectivity index (χ2n) is 8.34. The van der Waals surface area contributed by atoms with Crippen molar-refractivity contribution in [2.75, 3.05) is 5.75 Å². The second kappa shape index (κ2) is 10.2. The minimum Gasteiger partial charge on any atom is -0.448 e. The van der Waals surface area contributed by atoms with Crippen molar-refractivity contribution in [1.82, 2.24) is 10.2 Å². The van der Waals surface area contributed by atoms with Gasteiger partial charge in [-0.2, -0.15) is 0 Å². The van der Waals surface area contributed by atoms with Gasteiger partial charge in [0.2, 0.25) is 5.91 Å². The maximum absolute atomic E-state index is 13.3. The maximum Gasteiger partial charge on any atom is 0.355 e. The lowest BCUT2D eigenvalue weighted by molar-refractivity contribution is -0.154. The summed E-state index contributed by atoms with van der Waals surface area (Å²) in [4.78, 5) is 40.2. The summed E-state index contributed by atoms with van der Waals surface area (Å²) in [5.74, 6) is -0.537. The average molecular weight is 485 g/mol. The highest BCUT2D eigenvalue weighted by Gasteiger charge is 2.53. The first-order valence-corrected chi connectivity index (χ1v) is 12.5. The monoisotopic (exact) mass is 484 g/mol. The van der Waals surface area contributed by atoms with Gasteiger partial charge in [0.25, 0.3) is 5.91 Å². The molecule has 35 heavy (non-hydrogen) atoms. The van der Waals surface area contributed by atoms with Crippen LogP contribution < -0.4 is 5.32 Å². The number of nitrogens with one attached hydrogen (secondary N) is 1. The van der Waals surface area contributed by atoms with Crippen LogP contribution in [0.25, 0.3) is 0 Å². The fourth-order valence-electron chi connectivity index (χ4n) is 4.29.